The fourth-order valence-corrected chi connectivity index (χ4v) is 3.31. The maximum Gasteiger partial charge on any atom is 0.191 e. The second kappa shape index (κ2) is 11.0. The molecule has 0 aromatic heterocycles. The molecule has 0 amide bonds. The van der Waals surface area contributed by atoms with Crippen LogP contribution < -0.4 is 15.4 Å². The second-order valence-corrected chi connectivity index (χ2v) is 7.62. The Bertz CT molecular complexity index is 620. The third-order valence-corrected chi connectivity index (χ3v) is 4.60. The van der Waals surface area contributed by atoms with Crippen LogP contribution in [0.3, 0.4) is 0 Å². The predicted molar refractivity (Wildman–Crippen MR) is 115 cm³/mol. The molecule has 0 saturated carbocycles. The first kappa shape index (κ1) is 21.3. The van der Waals surface area contributed by atoms with Crippen LogP contribution in [0.2, 0.25) is 0 Å². The first-order valence-corrected chi connectivity index (χ1v) is 10.1. The predicted octanol–water partition coefficient (Wildman–Crippen LogP) is 3.36. The third kappa shape index (κ3) is 8.04. The standard InChI is InChI=1S/C22H36N4O/c1-6-23-22(25-20-10-12-26(13-11-20)16-17(2)3)24-15-19(5)27-21-9-7-8-18(4)14-21/h7-9,14,19-20H,2,6,10-13,15-16H2,1,3-5H3,(H2,23,24,25). The molecular weight excluding hydrogens is 336 g/mol. The molecule has 1 unspecified atom stereocenters. The molecule has 2 N–H and O–H groups in total. The van der Waals surface area contributed by atoms with Crippen molar-refractivity contribution in [2.24, 2.45) is 4.99 Å². The topological polar surface area (TPSA) is 48.9 Å². The molecule has 1 aliphatic heterocycles. The van der Waals surface area contributed by atoms with Crippen LogP contribution in [-0.4, -0.2) is 55.7 Å². The van der Waals surface area contributed by atoms with Crippen LogP contribution >= 0.6 is 0 Å². The van der Waals surface area contributed by atoms with Gasteiger partial charge in [-0.2, -0.15) is 0 Å². The van der Waals surface area contributed by atoms with Crippen molar-refractivity contribution in [1.29, 1.82) is 0 Å². The van der Waals surface area contributed by atoms with Gasteiger partial charge in [-0.05, 0) is 58.2 Å². The van der Waals surface area contributed by atoms with Crippen molar-refractivity contribution in [2.75, 3.05) is 32.7 Å². The first-order chi connectivity index (χ1) is 13.0. The van der Waals surface area contributed by atoms with E-state index >= 15 is 0 Å². The summed E-state index contributed by atoms with van der Waals surface area (Å²) in [6.45, 7) is 17.0. The van der Waals surface area contributed by atoms with E-state index in [1.54, 1.807) is 0 Å². The van der Waals surface area contributed by atoms with Crippen LogP contribution in [0.25, 0.3) is 0 Å². The number of nitrogens with zero attached hydrogens (tertiary/aromatic N) is 2. The lowest BCUT2D eigenvalue weighted by Gasteiger charge is -2.33. The van der Waals surface area contributed by atoms with Gasteiger partial charge in [-0.3, -0.25) is 4.90 Å². The third-order valence-electron chi connectivity index (χ3n) is 4.60. The number of hydrogen-bond acceptors (Lipinski definition) is 3. The molecule has 1 saturated heterocycles. The molecule has 150 valence electrons. The summed E-state index contributed by atoms with van der Waals surface area (Å²) in [4.78, 5) is 7.21. The van der Waals surface area contributed by atoms with Crippen LogP contribution in [0.5, 0.6) is 5.75 Å². The van der Waals surface area contributed by atoms with E-state index in [0.717, 1.165) is 50.7 Å². The van der Waals surface area contributed by atoms with Crippen LogP contribution in [0.1, 0.15) is 39.2 Å². The van der Waals surface area contributed by atoms with Gasteiger partial charge in [0, 0.05) is 32.2 Å². The first-order valence-electron chi connectivity index (χ1n) is 10.1. The lowest BCUT2D eigenvalue weighted by molar-refractivity contribution is 0.220. The smallest absolute Gasteiger partial charge is 0.191 e. The van der Waals surface area contributed by atoms with E-state index in [0.29, 0.717) is 12.6 Å². The highest BCUT2D eigenvalue weighted by molar-refractivity contribution is 5.80. The number of nitrogens with one attached hydrogen (secondary N) is 2. The Morgan fingerprint density at radius 3 is 2.74 bits per heavy atom. The van der Waals surface area contributed by atoms with Gasteiger partial charge in [-0.25, -0.2) is 4.99 Å². The Morgan fingerprint density at radius 2 is 2.11 bits per heavy atom. The number of guanidine groups is 1. The maximum absolute atomic E-state index is 5.99. The van der Waals surface area contributed by atoms with Crippen molar-refractivity contribution >= 4 is 5.96 Å². The average Bonchev–Trinajstić information content (AvgIpc) is 2.61. The van der Waals surface area contributed by atoms with E-state index in [1.165, 1.54) is 11.1 Å². The molecule has 0 radical (unpaired) electrons. The zero-order chi connectivity index (χ0) is 19.6. The molecule has 5 nitrogen and oxygen atoms in total. The Kier molecular flexibility index (Phi) is 8.65. The van der Waals surface area contributed by atoms with E-state index in [1.807, 2.05) is 12.1 Å². The van der Waals surface area contributed by atoms with Gasteiger partial charge in [0.2, 0.25) is 0 Å². The summed E-state index contributed by atoms with van der Waals surface area (Å²) in [6, 6.07) is 8.62. The van der Waals surface area contributed by atoms with Crippen LogP contribution in [0.15, 0.2) is 41.4 Å². The lowest BCUT2D eigenvalue weighted by atomic mass is 10.0. The van der Waals surface area contributed by atoms with Crippen molar-refractivity contribution in [3.8, 4) is 5.75 Å². The van der Waals surface area contributed by atoms with Gasteiger partial charge in [-0.1, -0.05) is 24.3 Å². The molecule has 0 aliphatic carbocycles. The number of aliphatic imine (C=N–C) groups is 1. The van der Waals surface area contributed by atoms with Crippen molar-refractivity contribution < 1.29 is 4.74 Å². The van der Waals surface area contributed by atoms with Gasteiger partial charge in [0.25, 0.3) is 0 Å². The van der Waals surface area contributed by atoms with Crippen molar-refractivity contribution in [3.63, 3.8) is 0 Å². The van der Waals surface area contributed by atoms with Crippen LogP contribution in [0.4, 0.5) is 0 Å². The van der Waals surface area contributed by atoms with Gasteiger partial charge in [0.1, 0.15) is 11.9 Å². The fourth-order valence-electron chi connectivity index (χ4n) is 3.31. The lowest BCUT2D eigenvalue weighted by Crippen LogP contribution is -2.49. The zero-order valence-corrected chi connectivity index (χ0v) is 17.4. The molecule has 2 rings (SSSR count). The molecule has 5 heteroatoms. The summed E-state index contributed by atoms with van der Waals surface area (Å²) < 4.78 is 5.99. The summed E-state index contributed by atoms with van der Waals surface area (Å²) in [5.74, 6) is 1.79. The monoisotopic (exact) mass is 372 g/mol. The van der Waals surface area contributed by atoms with Crippen LogP contribution in [-0.2, 0) is 0 Å². The summed E-state index contributed by atoms with van der Waals surface area (Å²) in [7, 11) is 0. The molecule has 0 bridgehead atoms. The Morgan fingerprint density at radius 1 is 1.37 bits per heavy atom. The summed E-state index contributed by atoms with van der Waals surface area (Å²) in [5.41, 5.74) is 2.44. The Labute approximate surface area is 164 Å². The number of benzene rings is 1. The fraction of sp³-hybridized carbons (Fsp3) is 0.591. The van der Waals surface area contributed by atoms with Gasteiger partial charge in [0.15, 0.2) is 5.96 Å². The summed E-state index contributed by atoms with van der Waals surface area (Å²) in [6.07, 6.45) is 2.29. The largest absolute Gasteiger partial charge is 0.489 e. The highest BCUT2D eigenvalue weighted by Crippen LogP contribution is 2.14. The van der Waals surface area contributed by atoms with Crippen molar-refractivity contribution in [2.45, 2.75) is 52.7 Å². The van der Waals surface area contributed by atoms with Crippen molar-refractivity contribution in [1.82, 2.24) is 15.5 Å². The number of hydrogen-bond donors (Lipinski definition) is 2. The quantitative estimate of drug-likeness (QED) is 0.417. The Hall–Kier alpha value is -2.01. The number of aryl methyl sites for hydroxylation is 1. The normalized spacial score (nSPS) is 17.4. The minimum absolute atomic E-state index is 0.0275. The highest BCUT2D eigenvalue weighted by Gasteiger charge is 2.19. The van der Waals surface area contributed by atoms with Crippen LogP contribution in [0, 0.1) is 6.92 Å². The molecule has 0 spiro atoms. The highest BCUT2D eigenvalue weighted by atomic mass is 16.5. The SMILES string of the molecule is C=C(C)CN1CCC(NC(=NCC(C)Oc2cccc(C)c2)NCC)CC1. The van der Waals surface area contributed by atoms with E-state index in [2.05, 4.69) is 61.9 Å². The van der Waals surface area contributed by atoms with E-state index in [4.69, 9.17) is 9.73 Å². The molecule has 1 aromatic rings. The van der Waals surface area contributed by atoms with Crippen molar-refractivity contribution in [3.05, 3.63) is 42.0 Å². The number of piperidine rings is 1. The maximum atomic E-state index is 5.99. The molecule has 1 fully saturated rings. The summed E-state index contributed by atoms with van der Waals surface area (Å²) in [5, 5.41) is 6.95. The molecule has 1 heterocycles. The minimum Gasteiger partial charge on any atom is -0.489 e. The molecule has 1 aromatic carbocycles. The Balaban J connectivity index is 1.82. The molecule has 1 aliphatic rings. The van der Waals surface area contributed by atoms with Gasteiger partial charge < -0.3 is 15.4 Å². The minimum atomic E-state index is 0.0275. The zero-order valence-electron chi connectivity index (χ0n) is 17.4. The number of rotatable bonds is 8. The van der Waals surface area contributed by atoms with E-state index in [-0.39, 0.29) is 6.10 Å². The van der Waals surface area contributed by atoms with Gasteiger partial charge >= 0.3 is 0 Å². The summed E-state index contributed by atoms with van der Waals surface area (Å²) >= 11 is 0. The molecule has 27 heavy (non-hydrogen) atoms. The van der Waals surface area contributed by atoms with E-state index < -0.39 is 0 Å². The number of likely N-dealkylation sites (tertiary alicyclic amines) is 1. The van der Waals surface area contributed by atoms with Gasteiger partial charge in [-0.15, -0.1) is 0 Å². The van der Waals surface area contributed by atoms with E-state index in [9.17, 15) is 0 Å². The van der Waals surface area contributed by atoms with Gasteiger partial charge in [0.05, 0.1) is 6.54 Å². The number of ether oxygens (including phenoxy) is 1. The average molecular weight is 373 g/mol. The molecule has 1 atom stereocenters. The second-order valence-electron chi connectivity index (χ2n) is 7.62. The molecular formula is C22H36N4O.